The minimum atomic E-state index is -3.79. The average molecular weight is 366 g/mol. The Morgan fingerprint density at radius 2 is 1.95 bits per heavy atom. The van der Waals surface area contributed by atoms with E-state index in [-0.39, 0.29) is 10.7 Å². The van der Waals surface area contributed by atoms with E-state index in [4.69, 9.17) is 5.26 Å². The molecular weight excluding hydrogens is 354 g/mol. The Morgan fingerprint density at radius 3 is 2.57 bits per heavy atom. The lowest BCUT2D eigenvalue weighted by Crippen LogP contribution is -2.15. The van der Waals surface area contributed by atoms with Crippen molar-refractivity contribution in [3.8, 4) is 6.07 Å². The van der Waals surface area contributed by atoms with E-state index in [9.17, 15) is 8.42 Å². The predicted molar refractivity (Wildman–Crippen MR) is 83.4 cm³/mol. The molecule has 0 fully saturated rings. The van der Waals surface area contributed by atoms with Crippen LogP contribution in [0.2, 0.25) is 0 Å². The molecule has 2 rings (SSSR count). The number of halogens is 1. The van der Waals surface area contributed by atoms with E-state index in [1.165, 1.54) is 12.3 Å². The number of anilines is 1. The fraction of sp³-hybridized carbons (Fsp3) is 0.143. The molecule has 21 heavy (non-hydrogen) atoms. The summed E-state index contributed by atoms with van der Waals surface area (Å²) in [7, 11) is -3.79. The van der Waals surface area contributed by atoms with Gasteiger partial charge in [0.15, 0.2) is 0 Å². The lowest BCUT2D eigenvalue weighted by molar-refractivity contribution is 0.600. The number of nitrogens with zero attached hydrogens (tertiary/aromatic N) is 2. The summed E-state index contributed by atoms with van der Waals surface area (Å²) in [6, 6.07) is 8.10. The third-order valence-corrected chi connectivity index (χ3v) is 5.22. The number of hydrogen-bond donors (Lipinski definition) is 1. The van der Waals surface area contributed by atoms with Crippen LogP contribution >= 0.6 is 15.9 Å². The van der Waals surface area contributed by atoms with Gasteiger partial charge in [0.2, 0.25) is 0 Å². The van der Waals surface area contributed by atoms with E-state index >= 15 is 0 Å². The third-order valence-electron chi connectivity index (χ3n) is 2.89. The molecule has 7 heteroatoms. The van der Waals surface area contributed by atoms with E-state index < -0.39 is 10.0 Å². The second-order valence-corrected chi connectivity index (χ2v) is 7.02. The van der Waals surface area contributed by atoms with Crippen LogP contribution in [0.15, 0.2) is 39.8 Å². The highest BCUT2D eigenvalue weighted by Gasteiger charge is 2.18. The molecule has 0 saturated carbocycles. The van der Waals surface area contributed by atoms with Gasteiger partial charge in [-0.3, -0.25) is 4.72 Å². The third kappa shape index (κ3) is 3.40. The summed E-state index contributed by atoms with van der Waals surface area (Å²) < 4.78 is 28.1. The Balaban J connectivity index is 2.43. The van der Waals surface area contributed by atoms with Crippen molar-refractivity contribution >= 4 is 31.8 Å². The highest BCUT2D eigenvalue weighted by molar-refractivity contribution is 9.10. The van der Waals surface area contributed by atoms with Crippen molar-refractivity contribution in [2.24, 2.45) is 0 Å². The van der Waals surface area contributed by atoms with Crippen LogP contribution in [0.5, 0.6) is 0 Å². The molecule has 0 atom stereocenters. The van der Waals surface area contributed by atoms with Gasteiger partial charge in [-0.25, -0.2) is 13.4 Å². The normalized spacial score (nSPS) is 11.0. The van der Waals surface area contributed by atoms with Crippen molar-refractivity contribution in [1.82, 2.24) is 4.98 Å². The summed E-state index contributed by atoms with van der Waals surface area (Å²) >= 11 is 3.31. The monoisotopic (exact) mass is 365 g/mol. The number of sulfonamides is 1. The van der Waals surface area contributed by atoms with Gasteiger partial charge in [-0.2, -0.15) is 5.26 Å². The summed E-state index contributed by atoms with van der Waals surface area (Å²) in [4.78, 5) is 4.09. The number of nitrogens with one attached hydrogen (secondary N) is 1. The Labute approximate surface area is 131 Å². The number of aryl methyl sites for hydroxylation is 2. The minimum absolute atomic E-state index is 0.0731. The fourth-order valence-corrected chi connectivity index (χ4v) is 3.23. The number of benzene rings is 1. The maximum Gasteiger partial charge on any atom is 0.263 e. The topological polar surface area (TPSA) is 82.9 Å². The SMILES string of the molecule is Cc1cc(NS(=O)(=O)c2cc(C#N)ccc2C)ncc1Br. The summed E-state index contributed by atoms with van der Waals surface area (Å²) in [5.41, 5.74) is 1.72. The maximum absolute atomic E-state index is 12.4. The van der Waals surface area contributed by atoms with Gasteiger partial charge < -0.3 is 0 Å². The van der Waals surface area contributed by atoms with Crippen molar-refractivity contribution < 1.29 is 8.42 Å². The lowest BCUT2D eigenvalue weighted by atomic mass is 10.2. The number of aromatic nitrogens is 1. The summed E-state index contributed by atoms with van der Waals surface area (Å²) in [5, 5.41) is 8.89. The minimum Gasteiger partial charge on any atom is -0.263 e. The zero-order valence-corrected chi connectivity index (χ0v) is 13.8. The van der Waals surface area contributed by atoms with Crippen LogP contribution in [0.1, 0.15) is 16.7 Å². The van der Waals surface area contributed by atoms with Crippen LogP contribution in [-0.4, -0.2) is 13.4 Å². The fourth-order valence-electron chi connectivity index (χ4n) is 1.75. The first-order valence-electron chi connectivity index (χ1n) is 5.99. The molecule has 1 aromatic carbocycles. The molecular formula is C14H12BrN3O2S. The van der Waals surface area contributed by atoms with Crippen molar-refractivity contribution in [2.75, 3.05) is 4.72 Å². The highest BCUT2D eigenvalue weighted by Crippen LogP contribution is 2.22. The molecule has 0 spiro atoms. The summed E-state index contributed by atoms with van der Waals surface area (Å²) in [5.74, 6) is 0.234. The number of pyridine rings is 1. The molecule has 0 saturated heterocycles. The Kier molecular flexibility index (Phi) is 4.30. The Morgan fingerprint density at radius 1 is 1.24 bits per heavy atom. The standard InChI is InChI=1S/C14H12BrN3O2S/c1-9-3-4-11(7-16)6-13(9)21(19,20)18-14-5-10(2)12(15)8-17-14/h3-6,8H,1-2H3,(H,17,18). The van der Waals surface area contributed by atoms with Crippen LogP contribution in [0, 0.1) is 25.2 Å². The molecule has 0 aliphatic heterocycles. The van der Waals surface area contributed by atoms with E-state index in [0.717, 1.165) is 10.0 Å². The molecule has 0 bridgehead atoms. The van der Waals surface area contributed by atoms with Gasteiger partial charge in [0, 0.05) is 10.7 Å². The second kappa shape index (κ2) is 5.84. The lowest BCUT2D eigenvalue weighted by Gasteiger charge is -2.10. The quantitative estimate of drug-likeness (QED) is 0.905. The largest absolute Gasteiger partial charge is 0.263 e. The smallest absolute Gasteiger partial charge is 0.263 e. The highest BCUT2D eigenvalue weighted by atomic mass is 79.9. The van der Waals surface area contributed by atoms with Crippen molar-refractivity contribution in [1.29, 1.82) is 5.26 Å². The van der Waals surface area contributed by atoms with Crippen LogP contribution < -0.4 is 4.72 Å². The molecule has 0 aliphatic carbocycles. The first-order valence-corrected chi connectivity index (χ1v) is 8.27. The molecule has 1 heterocycles. The van der Waals surface area contributed by atoms with Gasteiger partial charge >= 0.3 is 0 Å². The Bertz CT molecular complexity index is 842. The Hall–Kier alpha value is -1.91. The number of hydrogen-bond acceptors (Lipinski definition) is 4. The molecule has 2 aromatic rings. The van der Waals surface area contributed by atoms with Gasteiger partial charge in [-0.1, -0.05) is 6.07 Å². The van der Waals surface area contributed by atoms with E-state index in [2.05, 4.69) is 25.6 Å². The van der Waals surface area contributed by atoms with Crippen LogP contribution in [0.4, 0.5) is 5.82 Å². The molecule has 108 valence electrons. The van der Waals surface area contributed by atoms with Crippen molar-refractivity contribution in [2.45, 2.75) is 18.7 Å². The first kappa shape index (κ1) is 15.5. The molecule has 0 aliphatic rings. The molecule has 0 amide bonds. The van der Waals surface area contributed by atoms with E-state index in [1.54, 1.807) is 25.1 Å². The molecule has 0 unspecified atom stereocenters. The molecule has 5 nitrogen and oxygen atoms in total. The van der Waals surface area contributed by atoms with Crippen molar-refractivity contribution in [3.63, 3.8) is 0 Å². The van der Waals surface area contributed by atoms with Gasteiger partial charge in [0.1, 0.15) is 5.82 Å². The van der Waals surface area contributed by atoms with Gasteiger partial charge in [-0.05, 0) is 59.1 Å². The van der Waals surface area contributed by atoms with E-state index in [0.29, 0.717) is 11.1 Å². The molecule has 0 radical (unpaired) electrons. The number of rotatable bonds is 3. The second-order valence-electron chi connectivity index (χ2n) is 4.52. The summed E-state index contributed by atoms with van der Waals surface area (Å²) in [6.07, 6.45) is 1.53. The zero-order chi connectivity index (χ0) is 15.6. The van der Waals surface area contributed by atoms with Crippen LogP contribution in [-0.2, 0) is 10.0 Å². The maximum atomic E-state index is 12.4. The van der Waals surface area contributed by atoms with Crippen molar-refractivity contribution in [3.05, 3.63) is 51.6 Å². The van der Waals surface area contributed by atoms with Crippen LogP contribution in [0.25, 0.3) is 0 Å². The predicted octanol–water partition coefficient (Wildman–Crippen LogP) is 3.13. The van der Waals surface area contributed by atoms with Gasteiger partial charge in [0.25, 0.3) is 10.0 Å². The number of nitriles is 1. The zero-order valence-electron chi connectivity index (χ0n) is 11.4. The molecule has 1 N–H and O–H groups in total. The van der Waals surface area contributed by atoms with Gasteiger partial charge in [0.05, 0.1) is 16.5 Å². The average Bonchev–Trinajstić information content (AvgIpc) is 2.43. The van der Waals surface area contributed by atoms with E-state index in [1.807, 2.05) is 13.0 Å². The summed E-state index contributed by atoms with van der Waals surface area (Å²) in [6.45, 7) is 3.51. The molecule has 1 aromatic heterocycles. The van der Waals surface area contributed by atoms with Crippen LogP contribution in [0.3, 0.4) is 0 Å². The first-order chi connectivity index (χ1) is 9.83. The van der Waals surface area contributed by atoms with Gasteiger partial charge in [-0.15, -0.1) is 0 Å².